The lowest BCUT2D eigenvalue weighted by atomic mass is 9.95. The number of esters is 3. The number of fused-ring (bicyclic) bond motifs is 3. The summed E-state index contributed by atoms with van der Waals surface area (Å²) in [5.41, 5.74) is 0. The summed E-state index contributed by atoms with van der Waals surface area (Å²) in [6, 6.07) is 0. The van der Waals surface area contributed by atoms with E-state index in [1.165, 1.54) is 12.8 Å². The van der Waals surface area contributed by atoms with Gasteiger partial charge in [0.15, 0.2) is 43.5 Å². The van der Waals surface area contributed by atoms with E-state index >= 15 is 0 Å². The zero-order valence-corrected chi connectivity index (χ0v) is 47.7. The smallest absolute Gasteiger partial charge is 0.309 e. The maximum Gasteiger partial charge on any atom is 0.309 e. The number of carbonyl (C=O) groups excluding carboxylic acids is 3. The third-order valence-corrected chi connectivity index (χ3v) is 16.1. The quantitative estimate of drug-likeness (QED) is 0.0380. The van der Waals surface area contributed by atoms with E-state index in [0.29, 0.717) is 32.1 Å². The Kier molecular flexibility index (Phi) is 29.4. The summed E-state index contributed by atoms with van der Waals surface area (Å²) in [5.74, 6) is -2.37. The number of hydrogen-bond acceptors (Lipinski definition) is 21. The molecule has 0 amide bonds. The molecule has 5 heterocycles. The van der Waals surface area contributed by atoms with Crippen LogP contribution in [0.3, 0.4) is 0 Å². The van der Waals surface area contributed by atoms with Crippen LogP contribution >= 0.6 is 0 Å². The third-order valence-electron chi connectivity index (χ3n) is 16.1. The average Bonchev–Trinajstić information content (AvgIpc) is 3.42. The van der Waals surface area contributed by atoms with Gasteiger partial charge in [-0.3, -0.25) is 14.4 Å². The van der Waals surface area contributed by atoms with Crippen LogP contribution in [0.1, 0.15) is 203 Å². The molecule has 0 spiro atoms. The highest BCUT2D eigenvalue weighted by atomic mass is 16.8. The summed E-state index contributed by atoms with van der Waals surface area (Å²) in [6.45, 7) is 11.8. The van der Waals surface area contributed by atoms with Gasteiger partial charge in [-0.2, -0.15) is 0 Å². The first-order chi connectivity index (χ1) is 37.4. The Morgan fingerprint density at radius 1 is 0.551 bits per heavy atom. The number of ether oxygens (including phenoxy) is 11. The maximum absolute atomic E-state index is 13.7. The molecule has 5 aliphatic heterocycles. The molecule has 0 aliphatic carbocycles. The number of unbranched alkanes of at least 4 members (excludes halogenated alkanes) is 10. The van der Waals surface area contributed by atoms with E-state index in [-0.39, 0.29) is 18.9 Å². The fraction of sp³-hybridized carbons (Fsp3) is 0.947. The van der Waals surface area contributed by atoms with Crippen molar-refractivity contribution >= 4 is 17.9 Å². The van der Waals surface area contributed by atoms with E-state index in [4.69, 9.17) is 52.1 Å². The maximum atomic E-state index is 13.7. The number of aliphatic hydroxyl groups is 7. The fourth-order valence-corrected chi connectivity index (χ4v) is 10.9. The predicted octanol–water partition coefficient (Wildman–Crippen LogP) is 5.45. The molecular weight excluding hydrogens is 1020 g/mol. The largest absolute Gasteiger partial charge is 0.457 e. The molecule has 22 atom stereocenters. The summed E-state index contributed by atoms with van der Waals surface area (Å²) in [4.78, 5) is 40.2. The standard InChI is InChI=1S/C57H100O21/c1-8-11-13-14-15-16-19-22-26-30-39(59)73-50-45(65)55(69-35(6)48(50)76-54-44(64)43(63)47(34(5)68-54)75-53(67)33(4)10-3)77-49-36(7)70-56-46(66)51(49)74-40(60)31-27-23-20-17-18-21-25-29-37(28-24-12-9-2)71-57-52(78-56)42(62)41(61)38(32-58)72-57/h33-38,41-52,54-58,61-66H,8-32H2,1-7H3. The van der Waals surface area contributed by atoms with Crippen molar-refractivity contribution in [3.63, 3.8) is 0 Å². The molecule has 0 aromatic heterocycles. The van der Waals surface area contributed by atoms with Crippen LogP contribution in [0, 0.1) is 5.92 Å². The number of carbonyl (C=O) groups is 3. The van der Waals surface area contributed by atoms with Crippen molar-refractivity contribution in [2.75, 3.05) is 6.61 Å². The molecule has 0 radical (unpaired) electrons. The molecule has 0 aromatic carbocycles. The van der Waals surface area contributed by atoms with E-state index in [2.05, 4.69) is 13.8 Å². The van der Waals surface area contributed by atoms with Crippen molar-refractivity contribution in [1.82, 2.24) is 0 Å². The highest BCUT2D eigenvalue weighted by Gasteiger charge is 2.57. The van der Waals surface area contributed by atoms with Crippen molar-refractivity contribution in [1.29, 1.82) is 0 Å². The van der Waals surface area contributed by atoms with Gasteiger partial charge in [-0.05, 0) is 52.9 Å². The van der Waals surface area contributed by atoms with Crippen molar-refractivity contribution in [2.45, 2.75) is 331 Å². The summed E-state index contributed by atoms with van der Waals surface area (Å²) in [6.07, 6.45) is -10.1. The zero-order valence-electron chi connectivity index (χ0n) is 47.7. The second-order valence-corrected chi connectivity index (χ2v) is 22.6. The van der Waals surface area contributed by atoms with Crippen LogP contribution in [0.4, 0.5) is 0 Å². The monoisotopic (exact) mass is 1120 g/mol. The lowest BCUT2D eigenvalue weighted by molar-refractivity contribution is -0.388. The van der Waals surface area contributed by atoms with Crippen LogP contribution in [0.5, 0.6) is 0 Å². The van der Waals surface area contributed by atoms with Gasteiger partial charge in [-0.25, -0.2) is 0 Å². The highest BCUT2D eigenvalue weighted by molar-refractivity contribution is 5.72. The molecule has 2 bridgehead atoms. The normalized spacial score (nSPS) is 39.1. The molecular formula is C57H100O21. The van der Waals surface area contributed by atoms with Gasteiger partial charge in [-0.15, -0.1) is 0 Å². The van der Waals surface area contributed by atoms with Crippen LogP contribution in [0.2, 0.25) is 0 Å². The molecule has 21 nitrogen and oxygen atoms in total. The van der Waals surface area contributed by atoms with E-state index in [1.54, 1.807) is 27.7 Å². The Labute approximate surface area is 462 Å². The highest BCUT2D eigenvalue weighted by Crippen LogP contribution is 2.37. The van der Waals surface area contributed by atoms with Crippen LogP contribution < -0.4 is 0 Å². The van der Waals surface area contributed by atoms with Gasteiger partial charge in [-0.1, -0.05) is 137 Å². The van der Waals surface area contributed by atoms with Gasteiger partial charge in [0.2, 0.25) is 0 Å². The van der Waals surface area contributed by atoms with Crippen LogP contribution in [0.15, 0.2) is 0 Å². The number of rotatable bonds is 23. The molecule has 22 unspecified atom stereocenters. The molecule has 5 saturated heterocycles. The Balaban J connectivity index is 1.39. The summed E-state index contributed by atoms with van der Waals surface area (Å²) >= 11 is 0. The minimum Gasteiger partial charge on any atom is -0.457 e. The first-order valence-electron chi connectivity index (χ1n) is 30.0. The van der Waals surface area contributed by atoms with Gasteiger partial charge in [0.1, 0.15) is 61.0 Å². The molecule has 454 valence electrons. The Hall–Kier alpha value is -2.19. The van der Waals surface area contributed by atoms with Crippen molar-refractivity contribution < 1.29 is 102 Å². The Morgan fingerprint density at radius 2 is 1.13 bits per heavy atom. The number of hydrogen-bond donors (Lipinski definition) is 7. The SMILES string of the molecule is CCCCCCCCCCCC(=O)OC1C(O)C(OC2C(C)OC3OC4C(OC(CCCCC)CCCCCCCCCC(=O)OC2C3O)OC(CO)C(O)C4O)OC(C)C1OC1OC(C)C(OC(=O)C(C)CC)C(O)C1O. The second kappa shape index (κ2) is 34.4. The average molecular weight is 1120 g/mol. The van der Waals surface area contributed by atoms with E-state index in [0.717, 1.165) is 96.3 Å². The minimum atomic E-state index is -1.83. The lowest BCUT2D eigenvalue weighted by Gasteiger charge is -2.49. The van der Waals surface area contributed by atoms with Crippen LogP contribution in [-0.4, -0.2) is 189 Å². The van der Waals surface area contributed by atoms with Crippen molar-refractivity contribution in [3.8, 4) is 0 Å². The van der Waals surface area contributed by atoms with Crippen LogP contribution in [-0.2, 0) is 66.5 Å². The summed E-state index contributed by atoms with van der Waals surface area (Å²) in [7, 11) is 0. The topological polar surface area (TPSA) is 294 Å². The van der Waals surface area contributed by atoms with E-state index in [1.807, 2.05) is 6.92 Å². The number of aliphatic hydroxyl groups excluding tert-OH is 7. The zero-order chi connectivity index (χ0) is 56.9. The molecule has 5 aliphatic rings. The molecule has 0 aromatic rings. The third kappa shape index (κ3) is 19.5. The Morgan fingerprint density at radius 3 is 1.78 bits per heavy atom. The second-order valence-electron chi connectivity index (χ2n) is 22.6. The van der Waals surface area contributed by atoms with Crippen LogP contribution in [0.25, 0.3) is 0 Å². The summed E-state index contributed by atoms with van der Waals surface area (Å²) < 4.78 is 67.9. The van der Waals surface area contributed by atoms with Gasteiger partial charge in [0.25, 0.3) is 0 Å². The molecule has 21 heteroatoms. The van der Waals surface area contributed by atoms with Gasteiger partial charge in [0, 0.05) is 12.8 Å². The van der Waals surface area contributed by atoms with Gasteiger partial charge < -0.3 is 87.9 Å². The first-order valence-corrected chi connectivity index (χ1v) is 30.0. The van der Waals surface area contributed by atoms with E-state index in [9.17, 15) is 50.1 Å². The van der Waals surface area contributed by atoms with Crippen molar-refractivity contribution in [3.05, 3.63) is 0 Å². The Bertz CT molecular complexity index is 1710. The molecule has 5 rings (SSSR count). The predicted molar refractivity (Wildman–Crippen MR) is 281 cm³/mol. The van der Waals surface area contributed by atoms with Gasteiger partial charge in [0.05, 0.1) is 36.9 Å². The molecule has 7 N–H and O–H groups in total. The summed E-state index contributed by atoms with van der Waals surface area (Å²) in [5, 5.41) is 79.9. The fourth-order valence-electron chi connectivity index (χ4n) is 10.9. The van der Waals surface area contributed by atoms with Crippen molar-refractivity contribution in [2.24, 2.45) is 5.92 Å². The van der Waals surface area contributed by atoms with Gasteiger partial charge >= 0.3 is 17.9 Å². The lowest BCUT2D eigenvalue weighted by Crippen LogP contribution is -2.67. The van der Waals surface area contributed by atoms with E-state index < -0.39 is 153 Å². The molecule has 78 heavy (non-hydrogen) atoms. The first kappa shape index (κ1) is 66.6. The molecule has 0 saturated carbocycles. The molecule has 5 fully saturated rings. The minimum absolute atomic E-state index is 0.00894.